The summed E-state index contributed by atoms with van der Waals surface area (Å²) < 4.78 is 26.6. The Kier molecular flexibility index (Phi) is 14.4. The summed E-state index contributed by atoms with van der Waals surface area (Å²) in [5.41, 5.74) is 0.266. The van der Waals surface area contributed by atoms with Crippen LogP contribution in [-0.4, -0.2) is 24.4 Å². The van der Waals surface area contributed by atoms with Gasteiger partial charge < -0.3 is 10.2 Å². The number of anilines is 1. The monoisotopic (exact) mass is 441 g/mol. The van der Waals surface area contributed by atoms with Gasteiger partial charge in [0, 0.05) is 6.07 Å². The first-order valence-corrected chi connectivity index (χ1v) is 13.6. The molecule has 0 radical (unpaired) electrons. The lowest BCUT2D eigenvalue weighted by molar-refractivity contribution is 0.404. The zero-order valence-electron chi connectivity index (χ0n) is 18.9. The van der Waals surface area contributed by atoms with Gasteiger partial charge in [-0.25, -0.2) is 8.42 Å². The fourth-order valence-corrected chi connectivity index (χ4v) is 4.83. The van der Waals surface area contributed by atoms with Crippen molar-refractivity contribution >= 4 is 15.7 Å². The quantitative estimate of drug-likeness (QED) is 0.121. The summed E-state index contributed by atoms with van der Waals surface area (Å²) in [7, 11) is -3.43. The molecule has 0 aliphatic rings. The van der Waals surface area contributed by atoms with Crippen molar-refractivity contribution in [2.24, 2.45) is 0 Å². The van der Waals surface area contributed by atoms with Crippen LogP contribution in [0.2, 0.25) is 0 Å². The molecule has 1 rings (SSSR count). The number of unbranched alkanes of at least 4 members (excludes halogenated alkanes) is 15. The summed E-state index contributed by atoms with van der Waals surface area (Å²) in [6, 6.07) is 3.91. The number of sulfonamides is 1. The highest BCUT2D eigenvalue weighted by Crippen LogP contribution is 2.27. The molecule has 6 heteroatoms. The van der Waals surface area contributed by atoms with E-state index in [1.54, 1.807) is 0 Å². The second-order valence-electron chi connectivity index (χ2n) is 8.43. The molecule has 3 N–H and O–H groups in total. The molecule has 0 amide bonds. The van der Waals surface area contributed by atoms with Gasteiger partial charge in [-0.2, -0.15) is 0 Å². The number of aromatic hydroxyl groups is 2. The van der Waals surface area contributed by atoms with Crippen molar-refractivity contribution in [1.82, 2.24) is 0 Å². The van der Waals surface area contributed by atoms with E-state index in [4.69, 9.17) is 0 Å². The van der Waals surface area contributed by atoms with Crippen molar-refractivity contribution in [2.75, 3.05) is 10.5 Å². The average Bonchev–Trinajstić information content (AvgIpc) is 2.70. The smallest absolute Gasteiger partial charge is 0.232 e. The molecule has 0 fully saturated rings. The van der Waals surface area contributed by atoms with Gasteiger partial charge in [-0.15, -0.1) is 0 Å². The second kappa shape index (κ2) is 16.3. The second-order valence-corrected chi connectivity index (χ2v) is 10.3. The Bertz CT molecular complexity index is 661. The van der Waals surface area contributed by atoms with Crippen molar-refractivity contribution in [3.8, 4) is 11.5 Å². The Morgan fingerprint density at radius 2 is 1.10 bits per heavy atom. The van der Waals surface area contributed by atoms with Crippen LogP contribution in [0.3, 0.4) is 0 Å². The van der Waals surface area contributed by atoms with Crippen LogP contribution >= 0.6 is 0 Å². The van der Waals surface area contributed by atoms with Crippen molar-refractivity contribution in [3.05, 3.63) is 18.2 Å². The Labute approximate surface area is 184 Å². The lowest BCUT2D eigenvalue weighted by Gasteiger charge is -2.09. The Morgan fingerprint density at radius 1 is 0.667 bits per heavy atom. The van der Waals surface area contributed by atoms with Gasteiger partial charge in [0.05, 0.1) is 11.4 Å². The first-order chi connectivity index (χ1) is 14.4. The molecule has 0 atom stereocenters. The first-order valence-electron chi connectivity index (χ1n) is 12.0. The number of hydrogen-bond donors (Lipinski definition) is 3. The minimum Gasteiger partial charge on any atom is -0.504 e. The minimum absolute atomic E-state index is 0.0765. The van der Waals surface area contributed by atoms with Gasteiger partial charge in [0.25, 0.3) is 0 Å². The van der Waals surface area contributed by atoms with Crippen molar-refractivity contribution < 1.29 is 18.6 Å². The highest BCUT2D eigenvalue weighted by molar-refractivity contribution is 7.92. The molecule has 0 saturated carbocycles. The van der Waals surface area contributed by atoms with Crippen molar-refractivity contribution in [2.45, 2.75) is 110 Å². The highest BCUT2D eigenvalue weighted by atomic mass is 32.2. The summed E-state index contributed by atoms with van der Waals surface area (Å²) in [4.78, 5) is 0. The Morgan fingerprint density at radius 3 is 1.53 bits per heavy atom. The van der Waals surface area contributed by atoms with E-state index in [9.17, 15) is 18.6 Å². The number of nitrogens with one attached hydrogen (secondary N) is 1. The van der Waals surface area contributed by atoms with Gasteiger partial charge in [0.15, 0.2) is 11.5 Å². The van der Waals surface area contributed by atoms with E-state index in [1.165, 1.54) is 102 Å². The maximum absolute atomic E-state index is 12.1. The van der Waals surface area contributed by atoms with Crippen LogP contribution in [0.25, 0.3) is 0 Å². The Balaban J connectivity index is 1.92. The lowest BCUT2D eigenvalue weighted by Crippen LogP contribution is -2.16. The van der Waals surface area contributed by atoms with Gasteiger partial charge >= 0.3 is 0 Å². The van der Waals surface area contributed by atoms with Crippen LogP contribution in [0.5, 0.6) is 11.5 Å². The molecule has 1 aromatic carbocycles. The molecule has 0 spiro atoms. The number of hydrogen-bond acceptors (Lipinski definition) is 4. The van der Waals surface area contributed by atoms with Crippen molar-refractivity contribution in [1.29, 1.82) is 0 Å². The average molecular weight is 442 g/mol. The van der Waals surface area contributed by atoms with Gasteiger partial charge in [0.2, 0.25) is 10.0 Å². The largest absolute Gasteiger partial charge is 0.504 e. The topological polar surface area (TPSA) is 86.6 Å². The van der Waals surface area contributed by atoms with Crippen LogP contribution in [-0.2, 0) is 10.0 Å². The third-order valence-corrected chi connectivity index (χ3v) is 6.89. The molecular formula is C24H43NO4S. The van der Waals surface area contributed by atoms with Crippen LogP contribution in [0.1, 0.15) is 110 Å². The van der Waals surface area contributed by atoms with E-state index in [-0.39, 0.29) is 22.9 Å². The normalized spacial score (nSPS) is 11.6. The molecule has 1 aromatic rings. The summed E-state index contributed by atoms with van der Waals surface area (Å²) in [5, 5.41) is 18.7. The van der Waals surface area contributed by atoms with E-state index in [0.717, 1.165) is 12.8 Å². The van der Waals surface area contributed by atoms with Crippen LogP contribution in [0.4, 0.5) is 5.69 Å². The van der Waals surface area contributed by atoms with Crippen LogP contribution in [0.15, 0.2) is 18.2 Å². The fraction of sp³-hybridized carbons (Fsp3) is 0.750. The van der Waals surface area contributed by atoms with Gasteiger partial charge in [-0.05, 0) is 18.6 Å². The fourth-order valence-electron chi connectivity index (χ4n) is 3.66. The summed E-state index contributed by atoms with van der Waals surface area (Å²) in [6.45, 7) is 2.26. The molecule has 0 aliphatic carbocycles. The molecule has 0 saturated heterocycles. The zero-order valence-corrected chi connectivity index (χ0v) is 19.7. The van der Waals surface area contributed by atoms with Crippen LogP contribution in [0, 0.1) is 0 Å². The number of phenols is 2. The molecule has 0 heterocycles. The van der Waals surface area contributed by atoms with E-state index < -0.39 is 10.0 Å². The molecular weight excluding hydrogens is 398 g/mol. The molecule has 0 aliphatic heterocycles. The minimum atomic E-state index is -3.43. The summed E-state index contributed by atoms with van der Waals surface area (Å²) in [6.07, 6.45) is 20.1. The third kappa shape index (κ3) is 13.7. The van der Waals surface area contributed by atoms with E-state index in [2.05, 4.69) is 11.6 Å². The van der Waals surface area contributed by atoms with Gasteiger partial charge in [-0.1, -0.05) is 103 Å². The molecule has 174 valence electrons. The first kappa shape index (κ1) is 26.6. The number of rotatable bonds is 19. The molecule has 0 unspecified atom stereocenters. The zero-order chi connectivity index (χ0) is 22.1. The molecule has 0 aromatic heterocycles. The van der Waals surface area contributed by atoms with E-state index in [0.29, 0.717) is 6.42 Å². The van der Waals surface area contributed by atoms with E-state index in [1.807, 2.05) is 0 Å². The number of benzene rings is 1. The standard InChI is InChI=1S/C24H43NO4S/c1-2-3-4-5-6-7-8-9-10-11-12-13-14-15-16-17-20-30(28,29)25-22-18-19-23(26)24(27)21-22/h18-19,21,25-27H,2-17,20H2,1H3. The maximum Gasteiger partial charge on any atom is 0.232 e. The highest BCUT2D eigenvalue weighted by Gasteiger charge is 2.11. The number of phenolic OH excluding ortho intramolecular Hbond substituents is 2. The lowest BCUT2D eigenvalue weighted by atomic mass is 10.0. The van der Waals surface area contributed by atoms with Crippen molar-refractivity contribution in [3.63, 3.8) is 0 Å². The maximum atomic E-state index is 12.1. The SMILES string of the molecule is CCCCCCCCCCCCCCCCCCS(=O)(=O)Nc1ccc(O)c(O)c1. The molecule has 30 heavy (non-hydrogen) atoms. The molecule has 5 nitrogen and oxygen atoms in total. The molecule has 0 bridgehead atoms. The van der Waals surface area contributed by atoms with Gasteiger partial charge in [0.1, 0.15) is 0 Å². The summed E-state index contributed by atoms with van der Waals surface area (Å²) >= 11 is 0. The van der Waals surface area contributed by atoms with E-state index >= 15 is 0 Å². The Hall–Kier alpha value is -1.43. The predicted molar refractivity (Wildman–Crippen MR) is 127 cm³/mol. The van der Waals surface area contributed by atoms with Gasteiger partial charge in [-0.3, -0.25) is 4.72 Å². The summed E-state index contributed by atoms with van der Waals surface area (Å²) in [5.74, 6) is -0.527. The van der Waals surface area contributed by atoms with Crippen LogP contribution < -0.4 is 4.72 Å². The predicted octanol–water partition coefficient (Wildman–Crippen LogP) is 7.10. The third-order valence-electron chi connectivity index (χ3n) is 5.52.